The minimum absolute atomic E-state index is 0.110. The highest BCUT2D eigenvalue weighted by atomic mass is 32.1. The van der Waals surface area contributed by atoms with Crippen LogP contribution in [0.1, 0.15) is 24.1 Å². The van der Waals surface area contributed by atoms with Crippen LogP contribution in [0.25, 0.3) is 10.8 Å². The SMILES string of the molecule is CC1=C(C(=O)Nc2ccc(C)cc2)C(c2c(O)ccc3ccccc23)NC(=S)N1. The van der Waals surface area contributed by atoms with Gasteiger partial charge in [0.05, 0.1) is 11.6 Å². The zero-order valence-electron chi connectivity index (χ0n) is 16.1. The van der Waals surface area contributed by atoms with Crippen molar-refractivity contribution in [3.8, 4) is 5.75 Å². The molecule has 0 bridgehead atoms. The molecule has 1 aliphatic heterocycles. The lowest BCUT2D eigenvalue weighted by Gasteiger charge is -2.31. The van der Waals surface area contributed by atoms with E-state index in [1.54, 1.807) is 6.07 Å². The number of anilines is 1. The standard InChI is InChI=1S/C23H21N3O2S/c1-13-7-10-16(11-8-13)25-22(28)19-14(2)24-23(29)26-21(19)20-17-6-4-3-5-15(17)9-12-18(20)27/h3-12,21,27H,1-2H3,(H,25,28)(H2,24,26,29). The van der Waals surface area contributed by atoms with Gasteiger partial charge in [0.2, 0.25) is 0 Å². The van der Waals surface area contributed by atoms with Crippen molar-refractivity contribution >= 4 is 39.7 Å². The maximum absolute atomic E-state index is 13.2. The number of thiocarbonyl (C=S) groups is 1. The zero-order valence-corrected chi connectivity index (χ0v) is 16.9. The second-order valence-corrected chi connectivity index (χ2v) is 7.52. The molecule has 1 atom stereocenters. The van der Waals surface area contributed by atoms with E-state index in [2.05, 4.69) is 16.0 Å². The number of hydrogen-bond donors (Lipinski definition) is 4. The van der Waals surface area contributed by atoms with Crippen LogP contribution in [0.4, 0.5) is 5.69 Å². The largest absolute Gasteiger partial charge is 0.508 e. The Balaban J connectivity index is 1.80. The van der Waals surface area contributed by atoms with Crippen molar-refractivity contribution in [3.63, 3.8) is 0 Å². The predicted molar refractivity (Wildman–Crippen MR) is 120 cm³/mol. The lowest BCUT2D eigenvalue weighted by atomic mass is 9.90. The topological polar surface area (TPSA) is 73.4 Å². The molecule has 0 aliphatic carbocycles. The van der Waals surface area contributed by atoms with Crippen molar-refractivity contribution in [2.45, 2.75) is 19.9 Å². The number of phenols is 1. The van der Waals surface area contributed by atoms with Crippen LogP contribution >= 0.6 is 12.2 Å². The van der Waals surface area contributed by atoms with Gasteiger partial charge in [0.1, 0.15) is 5.75 Å². The fourth-order valence-electron chi connectivity index (χ4n) is 3.63. The van der Waals surface area contributed by atoms with E-state index >= 15 is 0 Å². The highest BCUT2D eigenvalue weighted by Crippen LogP contribution is 2.38. The Morgan fingerprint density at radius 1 is 1.03 bits per heavy atom. The van der Waals surface area contributed by atoms with Crippen molar-refractivity contribution in [2.75, 3.05) is 5.32 Å². The molecule has 1 unspecified atom stereocenters. The molecule has 0 saturated heterocycles. The van der Waals surface area contributed by atoms with E-state index in [0.29, 0.717) is 27.6 Å². The third kappa shape index (κ3) is 3.67. The first kappa shape index (κ1) is 19.0. The highest BCUT2D eigenvalue weighted by Gasteiger charge is 2.32. The summed E-state index contributed by atoms with van der Waals surface area (Å²) in [5.41, 5.74) is 3.57. The molecule has 0 saturated carbocycles. The molecule has 0 fully saturated rings. The summed E-state index contributed by atoms with van der Waals surface area (Å²) in [6.45, 7) is 3.81. The van der Waals surface area contributed by atoms with Crippen LogP contribution in [0.2, 0.25) is 0 Å². The first-order chi connectivity index (χ1) is 13.9. The van der Waals surface area contributed by atoms with Crippen molar-refractivity contribution in [1.82, 2.24) is 10.6 Å². The summed E-state index contributed by atoms with van der Waals surface area (Å²) < 4.78 is 0. The van der Waals surface area contributed by atoms with Crippen LogP contribution in [0.3, 0.4) is 0 Å². The predicted octanol–water partition coefficient (Wildman–Crippen LogP) is 4.29. The Morgan fingerprint density at radius 3 is 2.52 bits per heavy atom. The number of nitrogens with one attached hydrogen (secondary N) is 3. The first-order valence-electron chi connectivity index (χ1n) is 9.31. The molecule has 1 aliphatic rings. The van der Waals surface area contributed by atoms with Gasteiger partial charge >= 0.3 is 0 Å². The lowest BCUT2D eigenvalue weighted by molar-refractivity contribution is -0.113. The normalized spacial score (nSPS) is 16.3. The smallest absolute Gasteiger partial charge is 0.255 e. The summed E-state index contributed by atoms with van der Waals surface area (Å²) in [5, 5.41) is 22.1. The van der Waals surface area contributed by atoms with Gasteiger partial charge in [-0.3, -0.25) is 4.79 Å². The molecule has 1 heterocycles. The van der Waals surface area contributed by atoms with Gasteiger partial charge in [-0.1, -0.05) is 48.0 Å². The molecule has 4 rings (SSSR count). The van der Waals surface area contributed by atoms with Gasteiger partial charge in [-0.2, -0.15) is 0 Å². The van der Waals surface area contributed by atoms with Gasteiger partial charge in [0, 0.05) is 16.9 Å². The summed E-state index contributed by atoms with van der Waals surface area (Å²) in [6, 6.07) is 18.3. The maximum atomic E-state index is 13.2. The number of allylic oxidation sites excluding steroid dienone is 1. The number of aromatic hydroxyl groups is 1. The fraction of sp³-hybridized carbons (Fsp3) is 0.130. The summed E-state index contributed by atoms with van der Waals surface area (Å²) in [7, 11) is 0. The third-order valence-electron chi connectivity index (χ3n) is 5.06. The van der Waals surface area contributed by atoms with Gasteiger partial charge in [0.15, 0.2) is 5.11 Å². The van der Waals surface area contributed by atoms with E-state index in [1.807, 2.05) is 68.4 Å². The molecule has 4 N–H and O–H groups in total. The maximum Gasteiger partial charge on any atom is 0.255 e. The Kier molecular flexibility index (Phi) is 4.94. The Bertz CT molecular complexity index is 1150. The average molecular weight is 404 g/mol. The molecule has 3 aromatic rings. The van der Waals surface area contributed by atoms with Crippen molar-refractivity contribution in [2.24, 2.45) is 0 Å². The fourth-order valence-corrected chi connectivity index (χ4v) is 3.91. The minimum atomic E-state index is -0.583. The van der Waals surface area contributed by atoms with E-state index in [9.17, 15) is 9.90 Å². The van der Waals surface area contributed by atoms with Crippen LogP contribution in [0.5, 0.6) is 5.75 Å². The van der Waals surface area contributed by atoms with Gasteiger partial charge in [-0.15, -0.1) is 0 Å². The summed E-state index contributed by atoms with van der Waals surface area (Å²) in [5.74, 6) is -0.148. The van der Waals surface area contributed by atoms with Crippen LogP contribution in [0.15, 0.2) is 71.9 Å². The second kappa shape index (κ2) is 7.56. The number of aryl methyl sites for hydroxylation is 1. The molecule has 146 valence electrons. The third-order valence-corrected chi connectivity index (χ3v) is 5.28. The number of benzene rings is 3. The zero-order chi connectivity index (χ0) is 20.5. The van der Waals surface area contributed by atoms with Gasteiger partial charge in [0.25, 0.3) is 5.91 Å². The van der Waals surface area contributed by atoms with Crippen molar-refractivity contribution in [3.05, 3.63) is 83.1 Å². The molecule has 3 aromatic carbocycles. The molecule has 0 spiro atoms. The highest BCUT2D eigenvalue weighted by molar-refractivity contribution is 7.80. The number of rotatable bonds is 3. The first-order valence-corrected chi connectivity index (χ1v) is 9.72. The number of amides is 1. The van der Waals surface area contributed by atoms with E-state index in [-0.39, 0.29) is 11.7 Å². The van der Waals surface area contributed by atoms with Gasteiger partial charge in [-0.25, -0.2) is 0 Å². The molecular formula is C23H21N3O2S. The van der Waals surface area contributed by atoms with Crippen LogP contribution in [0, 0.1) is 6.92 Å². The molecule has 6 heteroatoms. The lowest BCUT2D eigenvalue weighted by Crippen LogP contribution is -2.45. The molecule has 0 radical (unpaired) electrons. The van der Waals surface area contributed by atoms with E-state index in [1.165, 1.54) is 0 Å². The Morgan fingerprint density at radius 2 is 1.76 bits per heavy atom. The van der Waals surface area contributed by atoms with Crippen LogP contribution in [-0.2, 0) is 4.79 Å². The minimum Gasteiger partial charge on any atom is -0.508 e. The van der Waals surface area contributed by atoms with Crippen molar-refractivity contribution < 1.29 is 9.90 Å². The van der Waals surface area contributed by atoms with Crippen LogP contribution < -0.4 is 16.0 Å². The molecular weight excluding hydrogens is 382 g/mol. The molecule has 29 heavy (non-hydrogen) atoms. The Hall–Kier alpha value is -3.38. The average Bonchev–Trinajstić information content (AvgIpc) is 2.69. The number of fused-ring (bicyclic) bond motifs is 1. The summed E-state index contributed by atoms with van der Waals surface area (Å²) in [6.07, 6.45) is 0. The monoisotopic (exact) mass is 403 g/mol. The van der Waals surface area contributed by atoms with E-state index in [4.69, 9.17) is 12.2 Å². The number of carbonyl (C=O) groups is 1. The van der Waals surface area contributed by atoms with E-state index in [0.717, 1.165) is 16.3 Å². The quantitative estimate of drug-likeness (QED) is 0.491. The summed E-state index contributed by atoms with van der Waals surface area (Å²) >= 11 is 5.34. The second-order valence-electron chi connectivity index (χ2n) is 7.11. The van der Waals surface area contributed by atoms with Crippen LogP contribution in [-0.4, -0.2) is 16.1 Å². The van der Waals surface area contributed by atoms with Gasteiger partial charge < -0.3 is 21.1 Å². The molecule has 0 aromatic heterocycles. The van der Waals surface area contributed by atoms with Crippen molar-refractivity contribution in [1.29, 1.82) is 0 Å². The molecule has 1 amide bonds. The summed E-state index contributed by atoms with van der Waals surface area (Å²) in [4.78, 5) is 13.2. The molecule has 5 nitrogen and oxygen atoms in total. The Labute approximate surface area is 174 Å². The number of hydrogen-bond acceptors (Lipinski definition) is 3. The number of carbonyl (C=O) groups excluding carboxylic acids is 1. The number of phenolic OH excluding ortho intramolecular Hbond substituents is 1. The van der Waals surface area contributed by atoms with E-state index < -0.39 is 6.04 Å². The van der Waals surface area contributed by atoms with Gasteiger partial charge in [-0.05, 0) is 55.0 Å².